The number of amides is 1. The second kappa shape index (κ2) is 8.16. The van der Waals surface area contributed by atoms with Crippen LogP contribution < -0.4 is 0 Å². The zero-order valence-corrected chi connectivity index (χ0v) is 14.2. The molecule has 0 spiro atoms. The number of carboxylic acids is 1. The summed E-state index contributed by atoms with van der Waals surface area (Å²) in [6, 6.07) is 8.07. The molecule has 2 aromatic rings. The van der Waals surface area contributed by atoms with Gasteiger partial charge in [-0.1, -0.05) is 18.2 Å². The standard InChI is InChI=1S/C19H24N2O4/c22-18(21(13-19(23)24)15-8-10-25-11-9-15)7-3-4-14-12-20-17-6-2-1-5-16(14)17/h1-2,5-6,12,15,20H,3-4,7-11,13H2,(H,23,24). The molecule has 25 heavy (non-hydrogen) atoms. The third kappa shape index (κ3) is 4.39. The van der Waals surface area contributed by atoms with Crippen molar-refractivity contribution in [3.05, 3.63) is 36.0 Å². The van der Waals surface area contributed by atoms with Gasteiger partial charge in [0.25, 0.3) is 0 Å². The van der Waals surface area contributed by atoms with E-state index in [0.29, 0.717) is 38.9 Å². The first kappa shape index (κ1) is 17.5. The summed E-state index contributed by atoms with van der Waals surface area (Å²) in [5.41, 5.74) is 2.29. The number of carboxylic acid groups (broad SMARTS) is 1. The third-order valence-electron chi connectivity index (χ3n) is 4.77. The Morgan fingerprint density at radius 1 is 1.24 bits per heavy atom. The molecule has 3 rings (SSSR count). The second-order valence-corrected chi connectivity index (χ2v) is 6.47. The summed E-state index contributed by atoms with van der Waals surface area (Å²) < 4.78 is 5.32. The van der Waals surface area contributed by atoms with Crippen molar-refractivity contribution in [2.45, 2.75) is 38.1 Å². The van der Waals surface area contributed by atoms with Gasteiger partial charge in [0, 0.05) is 42.8 Å². The molecule has 0 aliphatic carbocycles. The first-order valence-electron chi connectivity index (χ1n) is 8.79. The Balaban J connectivity index is 1.58. The lowest BCUT2D eigenvalue weighted by Crippen LogP contribution is -2.46. The van der Waals surface area contributed by atoms with Crippen molar-refractivity contribution in [1.29, 1.82) is 0 Å². The number of carbonyl (C=O) groups excluding carboxylic acids is 1. The molecule has 0 bridgehead atoms. The number of nitrogens with one attached hydrogen (secondary N) is 1. The molecular formula is C19H24N2O4. The molecule has 1 amide bonds. The molecule has 0 radical (unpaired) electrons. The third-order valence-corrected chi connectivity index (χ3v) is 4.77. The fourth-order valence-corrected chi connectivity index (χ4v) is 3.48. The molecule has 1 aliphatic heterocycles. The molecule has 0 unspecified atom stereocenters. The predicted octanol–water partition coefficient (Wildman–Crippen LogP) is 2.58. The zero-order valence-electron chi connectivity index (χ0n) is 14.2. The van der Waals surface area contributed by atoms with Crippen LogP contribution in [0.4, 0.5) is 0 Å². The number of nitrogens with zero attached hydrogens (tertiary/aromatic N) is 1. The lowest BCUT2D eigenvalue weighted by molar-refractivity contribution is -0.147. The Morgan fingerprint density at radius 2 is 2.00 bits per heavy atom. The molecular weight excluding hydrogens is 320 g/mol. The highest BCUT2D eigenvalue weighted by Gasteiger charge is 2.27. The van der Waals surface area contributed by atoms with Gasteiger partial charge in [0.15, 0.2) is 0 Å². The number of fused-ring (bicyclic) bond motifs is 1. The predicted molar refractivity (Wildman–Crippen MR) is 94.4 cm³/mol. The molecule has 1 aliphatic rings. The molecule has 1 aromatic carbocycles. The Bertz CT molecular complexity index is 734. The van der Waals surface area contributed by atoms with Crippen LogP contribution in [0.25, 0.3) is 10.9 Å². The average Bonchev–Trinajstić information content (AvgIpc) is 3.03. The van der Waals surface area contributed by atoms with Crippen LogP contribution in [0.1, 0.15) is 31.2 Å². The van der Waals surface area contributed by atoms with E-state index in [0.717, 1.165) is 11.9 Å². The number of rotatable bonds is 7. The fraction of sp³-hybridized carbons (Fsp3) is 0.474. The highest BCUT2D eigenvalue weighted by atomic mass is 16.5. The quantitative estimate of drug-likeness (QED) is 0.809. The van der Waals surface area contributed by atoms with E-state index in [-0.39, 0.29) is 18.5 Å². The maximum atomic E-state index is 12.6. The normalized spacial score (nSPS) is 15.4. The number of aromatic amines is 1. The Morgan fingerprint density at radius 3 is 2.76 bits per heavy atom. The van der Waals surface area contributed by atoms with Crippen molar-refractivity contribution in [2.75, 3.05) is 19.8 Å². The number of carbonyl (C=O) groups is 2. The minimum atomic E-state index is -0.962. The van der Waals surface area contributed by atoms with Crippen LogP contribution in [-0.2, 0) is 20.7 Å². The van der Waals surface area contributed by atoms with E-state index >= 15 is 0 Å². The van der Waals surface area contributed by atoms with Gasteiger partial charge < -0.3 is 19.7 Å². The molecule has 6 heteroatoms. The molecule has 2 heterocycles. The largest absolute Gasteiger partial charge is 0.480 e. The zero-order chi connectivity index (χ0) is 17.6. The summed E-state index contributed by atoms with van der Waals surface area (Å²) in [4.78, 5) is 28.5. The Kier molecular flexibility index (Phi) is 5.71. The molecule has 134 valence electrons. The highest BCUT2D eigenvalue weighted by Crippen LogP contribution is 2.21. The number of H-pyrrole nitrogens is 1. The number of ether oxygens (including phenoxy) is 1. The number of hydrogen-bond acceptors (Lipinski definition) is 3. The van der Waals surface area contributed by atoms with Crippen LogP contribution in [0.5, 0.6) is 0 Å². The highest BCUT2D eigenvalue weighted by molar-refractivity contribution is 5.83. The summed E-state index contributed by atoms with van der Waals surface area (Å²) in [5.74, 6) is -1.04. The fourth-order valence-electron chi connectivity index (χ4n) is 3.48. The first-order chi connectivity index (χ1) is 12.1. The second-order valence-electron chi connectivity index (χ2n) is 6.47. The summed E-state index contributed by atoms with van der Waals surface area (Å²) >= 11 is 0. The van der Waals surface area contributed by atoms with E-state index in [1.165, 1.54) is 15.8 Å². The van der Waals surface area contributed by atoms with Crippen LogP contribution in [0.2, 0.25) is 0 Å². The van der Waals surface area contributed by atoms with Crippen molar-refractivity contribution in [1.82, 2.24) is 9.88 Å². The van der Waals surface area contributed by atoms with Crippen molar-refractivity contribution in [3.63, 3.8) is 0 Å². The van der Waals surface area contributed by atoms with Gasteiger partial charge in [0.2, 0.25) is 5.91 Å². The Hall–Kier alpha value is -2.34. The maximum Gasteiger partial charge on any atom is 0.323 e. The number of hydrogen-bond donors (Lipinski definition) is 2. The van der Waals surface area contributed by atoms with Gasteiger partial charge in [-0.25, -0.2) is 0 Å². The van der Waals surface area contributed by atoms with E-state index in [4.69, 9.17) is 9.84 Å². The summed E-state index contributed by atoms with van der Waals surface area (Å²) in [7, 11) is 0. The number of aliphatic carboxylic acids is 1. The Labute approximate surface area is 146 Å². The smallest absolute Gasteiger partial charge is 0.323 e. The van der Waals surface area contributed by atoms with Crippen LogP contribution in [0, 0.1) is 0 Å². The summed E-state index contributed by atoms with van der Waals surface area (Å²) in [5, 5.41) is 10.3. The van der Waals surface area contributed by atoms with E-state index in [9.17, 15) is 9.59 Å². The minimum absolute atomic E-state index is 0.0227. The van der Waals surface area contributed by atoms with Gasteiger partial charge in [-0.05, 0) is 37.3 Å². The number of aryl methyl sites for hydroxylation is 1. The monoisotopic (exact) mass is 344 g/mol. The number of para-hydroxylation sites is 1. The maximum absolute atomic E-state index is 12.6. The van der Waals surface area contributed by atoms with Crippen molar-refractivity contribution in [3.8, 4) is 0 Å². The number of benzene rings is 1. The molecule has 1 aromatic heterocycles. The van der Waals surface area contributed by atoms with E-state index in [1.54, 1.807) is 0 Å². The van der Waals surface area contributed by atoms with Gasteiger partial charge in [0.05, 0.1) is 0 Å². The van der Waals surface area contributed by atoms with Crippen LogP contribution in [-0.4, -0.2) is 52.7 Å². The van der Waals surface area contributed by atoms with Crippen LogP contribution in [0.15, 0.2) is 30.5 Å². The average molecular weight is 344 g/mol. The molecule has 1 fully saturated rings. The van der Waals surface area contributed by atoms with E-state index < -0.39 is 5.97 Å². The van der Waals surface area contributed by atoms with Gasteiger partial charge >= 0.3 is 5.97 Å². The van der Waals surface area contributed by atoms with Gasteiger partial charge in [-0.3, -0.25) is 9.59 Å². The minimum Gasteiger partial charge on any atom is -0.480 e. The molecule has 6 nitrogen and oxygen atoms in total. The lowest BCUT2D eigenvalue weighted by Gasteiger charge is -2.33. The van der Waals surface area contributed by atoms with Crippen molar-refractivity contribution < 1.29 is 19.4 Å². The van der Waals surface area contributed by atoms with E-state index in [1.807, 2.05) is 24.4 Å². The lowest BCUT2D eigenvalue weighted by atomic mass is 10.0. The summed E-state index contributed by atoms with van der Waals surface area (Å²) in [6.45, 7) is 0.948. The van der Waals surface area contributed by atoms with Crippen molar-refractivity contribution in [2.24, 2.45) is 0 Å². The first-order valence-corrected chi connectivity index (χ1v) is 8.79. The van der Waals surface area contributed by atoms with Gasteiger partial charge in [-0.15, -0.1) is 0 Å². The number of aromatic nitrogens is 1. The molecule has 0 saturated carbocycles. The van der Waals surface area contributed by atoms with Gasteiger partial charge in [-0.2, -0.15) is 0 Å². The molecule has 0 atom stereocenters. The SMILES string of the molecule is O=C(O)CN(C(=O)CCCc1c[nH]c2ccccc12)C1CCOCC1. The van der Waals surface area contributed by atoms with Gasteiger partial charge in [0.1, 0.15) is 6.54 Å². The van der Waals surface area contributed by atoms with E-state index in [2.05, 4.69) is 11.1 Å². The van der Waals surface area contributed by atoms with Crippen molar-refractivity contribution >= 4 is 22.8 Å². The molecule has 1 saturated heterocycles. The van der Waals surface area contributed by atoms with Crippen LogP contribution >= 0.6 is 0 Å². The molecule has 2 N–H and O–H groups in total. The van der Waals surface area contributed by atoms with Crippen LogP contribution in [0.3, 0.4) is 0 Å². The summed E-state index contributed by atoms with van der Waals surface area (Å²) in [6.07, 6.45) is 5.28. The topological polar surface area (TPSA) is 82.6 Å².